The van der Waals surface area contributed by atoms with E-state index in [9.17, 15) is 4.39 Å². The maximum absolute atomic E-state index is 14.0. The van der Waals surface area contributed by atoms with E-state index in [1.54, 1.807) is 12.1 Å². The smallest absolute Gasteiger partial charge is 0.128 e. The summed E-state index contributed by atoms with van der Waals surface area (Å²) in [6.45, 7) is 9.40. The molecule has 0 aromatic heterocycles. The van der Waals surface area contributed by atoms with Crippen LogP contribution in [0.25, 0.3) is 0 Å². The molecule has 1 aromatic rings. The zero-order valence-corrected chi connectivity index (χ0v) is 13.3. The molecule has 0 bridgehead atoms. The molecule has 3 heteroatoms. The van der Waals surface area contributed by atoms with E-state index < -0.39 is 0 Å². The first-order chi connectivity index (χ1) is 9.58. The summed E-state index contributed by atoms with van der Waals surface area (Å²) in [7, 11) is 2.12. The molecule has 0 amide bonds. The highest BCUT2D eigenvalue weighted by Gasteiger charge is 2.17. The number of halogens is 1. The molecule has 2 atom stereocenters. The molecule has 0 radical (unpaired) electrons. The van der Waals surface area contributed by atoms with Gasteiger partial charge in [-0.1, -0.05) is 45.4 Å². The molecule has 0 saturated carbocycles. The third kappa shape index (κ3) is 5.59. The van der Waals surface area contributed by atoms with Gasteiger partial charge in [0, 0.05) is 24.7 Å². The van der Waals surface area contributed by atoms with Crippen LogP contribution < -0.4 is 5.32 Å². The topological polar surface area (TPSA) is 15.3 Å². The van der Waals surface area contributed by atoms with Gasteiger partial charge in [-0.3, -0.25) is 0 Å². The Labute approximate surface area is 123 Å². The number of likely N-dealkylation sites (N-methyl/N-ethyl adjacent to an activating group) is 1. The summed E-state index contributed by atoms with van der Waals surface area (Å²) < 4.78 is 14.0. The number of hydrogen-bond acceptors (Lipinski definition) is 2. The van der Waals surface area contributed by atoms with E-state index in [2.05, 4.69) is 38.0 Å². The van der Waals surface area contributed by atoms with Gasteiger partial charge in [-0.2, -0.15) is 0 Å². The van der Waals surface area contributed by atoms with Crippen LogP contribution in [-0.4, -0.2) is 31.6 Å². The van der Waals surface area contributed by atoms with Gasteiger partial charge in [-0.25, -0.2) is 4.39 Å². The Bertz CT molecular complexity index is 381. The van der Waals surface area contributed by atoms with Gasteiger partial charge in [-0.15, -0.1) is 0 Å². The minimum Gasteiger partial charge on any atom is -0.309 e. The van der Waals surface area contributed by atoms with Gasteiger partial charge in [0.05, 0.1) is 0 Å². The third-order valence-corrected chi connectivity index (χ3v) is 3.74. The Morgan fingerprint density at radius 2 is 1.90 bits per heavy atom. The van der Waals surface area contributed by atoms with Crippen molar-refractivity contribution in [3.8, 4) is 0 Å². The molecule has 1 N–H and O–H groups in total. The first-order valence-corrected chi connectivity index (χ1v) is 7.74. The Balaban J connectivity index is 2.72. The normalized spacial score (nSPS) is 14.5. The number of rotatable bonds is 9. The Morgan fingerprint density at radius 1 is 1.20 bits per heavy atom. The quantitative estimate of drug-likeness (QED) is 0.739. The van der Waals surface area contributed by atoms with Crippen LogP contribution in [0.15, 0.2) is 24.3 Å². The van der Waals surface area contributed by atoms with Gasteiger partial charge in [0.1, 0.15) is 5.82 Å². The van der Waals surface area contributed by atoms with Crippen molar-refractivity contribution in [1.82, 2.24) is 10.2 Å². The van der Waals surface area contributed by atoms with E-state index >= 15 is 0 Å². The second-order valence-corrected chi connectivity index (χ2v) is 5.76. The first kappa shape index (κ1) is 17.1. The van der Waals surface area contributed by atoms with Crippen molar-refractivity contribution in [3.63, 3.8) is 0 Å². The second-order valence-electron chi connectivity index (χ2n) is 5.76. The molecular weight excluding hydrogens is 251 g/mol. The van der Waals surface area contributed by atoms with Gasteiger partial charge >= 0.3 is 0 Å². The molecule has 20 heavy (non-hydrogen) atoms. The van der Waals surface area contributed by atoms with Gasteiger partial charge < -0.3 is 10.2 Å². The molecule has 0 fully saturated rings. The molecule has 0 aliphatic carbocycles. The molecule has 0 heterocycles. The SMILES string of the molecule is CCCNC(CN(C)CC(C)CC)c1ccccc1F. The zero-order valence-electron chi connectivity index (χ0n) is 13.3. The summed E-state index contributed by atoms with van der Waals surface area (Å²) in [5.41, 5.74) is 0.775. The minimum absolute atomic E-state index is 0.0604. The van der Waals surface area contributed by atoms with Gasteiger partial charge in [-0.05, 0) is 32.0 Å². The predicted octanol–water partition coefficient (Wildman–Crippen LogP) is 3.84. The summed E-state index contributed by atoms with van der Waals surface area (Å²) >= 11 is 0. The van der Waals surface area contributed by atoms with Crippen molar-refractivity contribution in [2.75, 3.05) is 26.7 Å². The van der Waals surface area contributed by atoms with E-state index in [0.29, 0.717) is 5.92 Å². The van der Waals surface area contributed by atoms with Gasteiger partial charge in [0.15, 0.2) is 0 Å². The Kier molecular flexibility index (Phi) is 7.78. The van der Waals surface area contributed by atoms with Crippen LogP contribution in [0.4, 0.5) is 4.39 Å². The lowest BCUT2D eigenvalue weighted by Gasteiger charge is -2.27. The predicted molar refractivity (Wildman–Crippen MR) is 84.4 cm³/mol. The van der Waals surface area contributed by atoms with Crippen LogP contribution in [0.2, 0.25) is 0 Å². The molecule has 1 aromatic carbocycles. The lowest BCUT2D eigenvalue weighted by molar-refractivity contribution is 0.250. The van der Waals surface area contributed by atoms with Crippen LogP contribution in [0, 0.1) is 11.7 Å². The summed E-state index contributed by atoms with van der Waals surface area (Å²) in [5.74, 6) is 0.561. The standard InChI is InChI=1S/C17H29FN2/c1-5-11-19-17(13-20(4)12-14(3)6-2)15-9-7-8-10-16(15)18/h7-10,14,17,19H,5-6,11-13H2,1-4H3. The molecule has 1 rings (SSSR count). The fourth-order valence-corrected chi connectivity index (χ4v) is 2.40. The molecule has 0 spiro atoms. The number of hydrogen-bond donors (Lipinski definition) is 1. The van der Waals surface area contributed by atoms with E-state index in [1.165, 1.54) is 6.42 Å². The summed E-state index contributed by atoms with van der Waals surface area (Å²) in [4.78, 5) is 2.30. The van der Waals surface area contributed by atoms with Crippen LogP contribution in [0.5, 0.6) is 0 Å². The highest BCUT2D eigenvalue weighted by molar-refractivity contribution is 5.21. The number of nitrogens with one attached hydrogen (secondary N) is 1. The Morgan fingerprint density at radius 3 is 2.50 bits per heavy atom. The van der Waals surface area contributed by atoms with Crippen molar-refractivity contribution in [2.24, 2.45) is 5.92 Å². The Hall–Kier alpha value is -0.930. The monoisotopic (exact) mass is 280 g/mol. The fraction of sp³-hybridized carbons (Fsp3) is 0.647. The molecule has 2 unspecified atom stereocenters. The fourth-order valence-electron chi connectivity index (χ4n) is 2.40. The van der Waals surface area contributed by atoms with Crippen molar-refractivity contribution < 1.29 is 4.39 Å². The van der Waals surface area contributed by atoms with Crippen LogP contribution in [-0.2, 0) is 0 Å². The molecule has 0 saturated heterocycles. The zero-order chi connectivity index (χ0) is 15.0. The third-order valence-electron chi connectivity index (χ3n) is 3.74. The maximum atomic E-state index is 14.0. The van der Waals surface area contributed by atoms with Crippen LogP contribution in [0.3, 0.4) is 0 Å². The highest BCUT2D eigenvalue weighted by atomic mass is 19.1. The van der Waals surface area contributed by atoms with E-state index in [0.717, 1.165) is 31.6 Å². The van der Waals surface area contributed by atoms with E-state index in [-0.39, 0.29) is 11.9 Å². The average molecular weight is 280 g/mol. The van der Waals surface area contributed by atoms with Crippen molar-refractivity contribution >= 4 is 0 Å². The highest BCUT2D eigenvalue weighted by Crippen LogP contribution is 2.18. The van der Waals surface area contributed by atoms with Crippen molar-refractivity contribution in [3.05, 3.63) is 35.6 Å². The molecule has 2 nitrogen and oxygen atoms in total. The summed E-state index contributed by atoms with van der Waals surface area (Å²) in [6, 6.07) is 7.15. The molecular formula is C17H29FN2. The van der Waals surface area contributed by atoms with Crippen LogP contribution >= 0.6 is 0 Å². The largest absolute Gasteiger partial charge is 0.309 e. The van der Waals surface area contributed by atoms with Crippen LogP contribution in [0.1, 0.15) is 45.2 Å². The van der Waals surface area contributed by atoms with E-state index in [4.69, 9.17) is 0 Å². The van der Waals surface area contributed by atoms with Gasteiger partial charge in [0.25, 0.3) is 0 Å². The average Bonchev–Trinajstić information content (AvgIpc) is 2.44. The van der Waals surface area contributed by atoms with Gasteiger partial charge in [0.2, 0.25) is 0 Å². The number of nitrogens with zero attached hydrogens (tertiary/aromatic N) is 1. The lowest BCUT2D eigenvalue weighted by atomic mass is 10.0. The molecule has 114 valence electrons. The maximum Gasteiger partial charge on any atom is 0.128 e. The summed E-state index contributed by atoms with van der Waals surface area (Å²) in [5, 5.41) is 3.47. The van der Waals surface area contributed by atoms with Crippen molar-refractivity contribution in [2.45, 2.75) is 39.7 Å². The number of benzene rings is 1. The minimum atomic E-state index is -0.113. The summed E-state index contributed by atoms with van der Waals surface area (Å²) in [6.07, 6.45) is 2.23. The second kappa shape index (κ2) is 9.09. The lowest BCUT2D eigenvalue weighted by Crippen LogP contribution is -2.36. The molecule has 0 aliphatic rings. The molecule has 0 aliphatic heterocycles. The van der Waals surface area contributed by atoms with Crippen molar-refractivity contribution in [1.29, 1.82) is 0 Å². The van der Waals surface area contributed by atoms with E-state index in [1.807, 2.05) is 12.1 Å². The first-order valence-electron chi connectivity index (χ1n) is 7.74.